The minimum Gasteiger partial charge on any atom is -0.390 e. The fourth-order valence-corrected chi connectivity index (χ4v) is 2.03. The Morgan fingerprint density at radius 1 is 1.41 bits per heavy atom. The van der Waals surface area contributed by atoms with Gasteiger partial charge in [0.05, 0.1) is 17.2 Å². The average molecular weight is 275 g/mol. The van der Waals surface area contributed by atoms with E-state index in [1.807, 2.05) is 0 Å². The molecule has 0 fully saturated rings. The summed E-state index contributed by atoms with van der Waals surface area (Å²) in [4.78, 5) is 7.72. The van der Waals surface area contributed by atoms with E-state index in [2.05, 4.69) is 32.8 Å². The second-order valence-electron chi connectivity index (χ2n) is 3.52. The maximum Gasteiger partial charge on any atom is 0.185 e. The van der Waals surface area contributed by atoms with Gasteiger partial charge in [-0.1, -0.05) is 11.6 Å². The maximum atomic E-state index is 9.96. The van der Waals surface area contributed by atoms with E-state index in [1.165, 1.54) is 6.33 Å². The number of hydrogen-bond acceptors (Lipinski definition) is 6. The summed E-state index contributed by atoms with van der Waals surface area (Å²) in [5, 5.41) is 26.8. The van der Waals surface area contributed by atoms with Gasteiger partial charge < -0.3 is 10.2 Å². The molecule has 2 atom stereocenters. The second kappa shape index (κ2) is 5.18. The van der Waals surface area contributed by atoms with Crippen LogP contribution in [0.3, 0.4) is 0 Å². The summed E-state index contributed by atoms with van der Waals surface area (Å²) in [6, 6.07) is 0. The Hall–Kier alpha value is -0.890. The molecule has 0 radical (unpaired) electrons. The number of nitrogens with one attached hydrogen (secondary N) is 1. The smallest absolute Gasteiger partial charge is 0.185 e. The fraction of sp³-hybridized carbons (Fsp3) is 0.444. The summed E-state index contributed by atoms with van der Waals surface area (Å²) in [5.74, 6) is 0.467. The topological polar surface area (TPSA) is 94.9 Å². The molecule has 92 valence electrons. The SMILES string of the molecule is OC(CCS)C(O)c1[nH]nc2ncnc(Cl)c12. The number of nitrogens with zero attached hydrogens (tertiary/aromatic N) is 3. The molecule has 0 saturated heterocycles. The van der Waals surface area contributed by atoms with Crippen molar-refractivity contribution in [2.75, 3.05) is 5.75 Å². The number of halogens is 1. The molecule has 17 heavy (non-hydrogen) atoms. The van der Waals surface area contributed by atoms with Crippen molar-refractivity contribution in [3.8, 4) is 0 Å². The lowest BCUT2D eigenvalue weighted by molar-refractivity contribution is 0.0155. The molecule has 0 spiro atoms. The van der Waals surface area contributed by atoms with Gasteiger partial charge in [-0.15, -0.1) is 0 Å². The first-order valence-electron chi connectivity index (χ1n) is 4.96. The second-order valence-corrected chi connectivity index (χ2v) is 4.33. The lowest BCUT2D eigenvalue weighted by atomic mass is 10.1. The van der Waals surface area contributed by atoms with Crippen molar-refractivity contribution >= 4 is 35.3 Å². The Morgan fingerprint density at radius 3 is 2.88 bits per heavy atom. The van der Waals surface area contributed by atoms with Crippen LogP contribution in [0.2, 0.25) is 5.15 Å². The molecular formula is C9H11ClN4O2S. The lowest BCUT2D eigenvalue weighted by Gasteiger charge is -2.15. The summed E-state index contributed by atoms with van der Waals surface area (Å²) >= 11 is 9.91. The highest BCUT2D eigenvalue weighted by molar-refractivity contribution is 7.80. The molecule has 2 heterocycles. The zero-order valence-corrected chi connectivity index (χ0v) is 10.4. The number of rotatable bonds is 4. The van der Waals surface area contributed by atoms with Gasteiger partial charge in [-0.3, -0.25) is 5.10 Å². The number of fused-ring (bicyclic) bond motifs is 1. The Morgan fingerprint density at radius 2 is 2.18 bits per heavy atom. The van der Waals surface area contributed by atoms with Crippen LogP contribution >= 0.6 is 24.2 Å². The van der Waals surface area contributed by atoms with Crippen molar-refractivity contribution in [3.05, 3.63) is 17.2 Å². The van der Waals surface area contributed by atoms with Gasteiger partial charge in [0.1, 0.15) is 17.6 Å². The van der Waals surface area contributed by atoms with Crippen molar-refractivity contribution in [2.45, 2.75) is 18.6 Å². The van der Waals surface area contributed by atoms with E-state index in [0.29, 0.717) is 28.9 Å². The van der Waals surface area contributed by atoms with E-state index in [4.69, 9.17) is 11.6 Å². The molecule has 2 unspecified atom stereocenters. The van der Waals surface area contributed by atoms with Gasteiger partial charge in [0, 0.05) is 0 Å². The van der Waals surface area contributed by atoms with Crippen LogP contribution in [0.4, 0.5) is 0 Å². The third-order valence-corrected chi connectivity index (χ3v) is 2.96. The number of thiol groups is 1. The van der Waals surface area contributed by atoms with Gasteiger partial charge in [-0.25, -0.2) is 9.97 Å². The van der Waals surface area contributed by atoms with E-state index in [9.17, 15) is 10.2 Å². The van der Waals surface area contributed by atoms with Crippen LogP contribution in [0.5, 0.6) is 0 Å². The molecule has 0 aliphatic heterocycles. The quantitative estimate of drug-likeness (QED) is 0.487. The zero-order chi connectivity index (χ0) is 12.4. The van der Waals surface area contributed by atoms with Gasteiger partial charge in [-0.2, -0.15) is 17.7 Å². The Balaban J connectivity index is 2.42. The largest absolute Gasteiger partial charge is 0.390 e. The Bertz CT molecular complexity index is 521. The summed E-state index contributed by atoms with van der Waals surface area (Å²) in [5.41, 5.74) is 0.678. The first kappa shape index (κ1) is 12.6. The fourth-order valence-electron chi connectivity index (χ4n) is 1.54. The third-order valence-electron chi connectivity index (χ3n) is 2.42. The number of aromatic nitrogens is 4. The molecule has 0 aliphatic rings. The predicted octanol–water partition coefficient (Wildman–Crippen LogP) is 0.721. The molecule has 2 aromatic rings. The predicted molar refractivity (Wildman–Crippen MR) is 66.1 cm³/mol. The summed E-state index contributed by atoms with van der Waals surface area (Å²) in [6.07, 6.45) is -0.412. The lowest BCUT2D eigenvalue weighted by Crippen LogP contribution is -2.19. The first-order valence-corrected chi connectivity index (χ1v) is 5.97. The molecule has 0 bridgehead atoms. The molecule has 6 nitrogen and oxygen atoms in total. The summed E-state index contributed by atoms with van der Waals surface area (Å²) in [7, 11) is 0. The normalized spacial score (nSPS) is 15.1. The van der Waals surface area contributed by atoms with Crippen molar-refractivity contribution in [1.29, 1.82) is 0 Å². The molecule has 2 aromatic heterocycles. The Kier molecular flexibility index (Phi) is 3.82. The van der Waals surface area contributed by atoms with Crippen LogP contribution in [-0.2, 0) is 0 Å². The first-order chi connectivity index (χ1) is 8.15. The van der Waals surface area contributed by atoms with Gasteiger partial charge in [0.2, 0.25) is 0 Å². The van der Waals surface area contributed by atoms with E-state index >= 15 is 0 Å². The number of aromatic amines is 1. The van der Waals surface area contributed by atoms with E-state index in [0.717, 1.165) is 0 Å². The molecule has 3 N–H and O–H groups in total. The van der Waals surface area contributed by atoms with Crippen molar-refractivity contribution in [2.24, 2.45) is 0 Å². The van der Waals surface area contributed by atoms with Crippen molar-refractivity contribution in [3.63, 3.8) is 0 Å². The van der Waals surface area contributed by atoms with E-state index < -0.39 is 12.2 Å². The van der Waals surface area contributed by atoms with Crippen LogP contribution in [0.1, 0.15) is 18.2 Å². The highest BCUT2D eigenvalue weighted by Crippen LogP contribution is 2.28. The molecule has 0 saturated carbocycles. The molecular weight excluding hydrogens is 264 g/mol. The molecule has 0 amide bonds. The van der Waals surface area contributed by atoms with E-state index in [1.54, 1.807) is 0 Å². The molecule has 2 rings (SSSR count). The minimum atomic E-state index is -1.12. The van der Waals surface area contributed by atoms with Crippen LogP contribution in [0.25, 0.3) is 11.0 Å². The highest BCUT2D eigenvalue weighted by Gasteiger charge is 2.24. The van der Waals surface area contributed by atoms with Crippen molar-refractivity contribution in [1.82, 2.24) is 20.2 Å². The standard InChI is InChI=1S/C9H11ClN4O2S/c10-8-5-6(7(16)4(15)1-2-17)13-14-9(5)12-3-11-8/h3-4,7,15-17H,1-2H2,(H,11,12,13,14). The zero-order valence-electron chi connectivity index (χ0n) is 8.71. The van der Waals surface area contributed by atoms with Crippen LogP contribution < -0.4 is 0 Å². The monoisotopic (exact) mass is 274 g/mol. The highest BCUT2D eigenvalue weighted by atomic mass is 35.5. The molecule has 0 aliphatic carbocycles. The summed E-state index contributed by atoms with van der Waals surface area (Å²) < 4.78 is 0. The molecule has 0 aromatic carbocycles. The van der Waals surface area contributed by atoms with Crippen LogP contribution in [0, 0.1) is 0 Å². The maximum absolute atomic E-state index is 9.96. The van der Waals surface area contributed by atoms with E-state index in [-0.39, 0.29) is 5.15 Å². The van der Waals surface area contributed by atoms with Gasteiger partial charge >= 0.3 is 0 Å². The van der Waals surface area contributed by atoms with Gasteiger partial charge in [0.25, 0.3) is 0 Å². The van der Waals surface area contributed by atoms with Crippen LogP contribution in [-0.4, -0.2) is 42.2 Å². The van der Waals surface area contributed by atoms with Gasteiger partial charge in [-0.05, 0) is 12.2 Å². The molecule has 8 heteroatoms. The average Bonchev–Trinajstić information content (AvgIpc) is 2.73. The van der Waals surface area contributed by atoms with Crippen LogP contribution in [0.15, 0.2) is 6.33 Å². The number of aliphatic hydroxyl groups excluding tert-OH is 2. The van der Waals surface area contributed by atoms with Gasteiger partial charge in [0.15, 0.2) is 5.65 Å². The number of aliphatic hydroxyl groups is 2. The number of hydrogen-bond donors (Lipinski definition) is 4. The third kappa shape index (κ3) is 2.37. The number of H-pyrrole nitrogens is 1. The Labute approximate surface area is 107 Å². The summed E-state index contributed by atoms with van der Waals surface area (Å²) in [6.45, 7) is 0. The minimum absolute atomic E-state index is 0.191. The van der Waals surface area contributed by atoms with Crippen molar-refractivity contribution < 1.29 is 10.2 Å².